The lowest BCUT2D eigenvalue weighted by molar-refractivity contribution is -0.133. The second-order valence-corrected chi connectivity index (χ2v) is 5.58. The second-order valence-electron chi connectivity index (χ2n) is 4.64. The van der Waals surface area contributed by atoms with Crippen LogP contribution in [-0.4, -0.2) is 36.7 Å². The lowest BCUT2D eigenvalue weighted by atomic mass is 10.2. The molecule has 1 aliphatic rings. The van der Waals surface area contributed by atoms with Gasteiger partial charge in [0.2, 0.25) is 0 Å². The fourth-order valence-corrected chi connectivity index (χ4v) is 2.73. The minimum atomic E-state index is -0.876. The van der Waals surface area contributed by atoms with Crippen LogP contribution in [0.25, 0.3) is 11.4 Å². The van der Waals surface area contributed by atoms with Crippen LogP contribution in [0.3, 0.4) is 0 Å². The SMILES string of the molecule is O=C(O)CSc1nnc(-c2cccc(O)c2)n1C1CC1. The summed E-state index contributed by atoms with van der Waals surface area (Å²) >= 11 is 1.17. The lowest BCUT2D eigenvalue weighted by Gasteiger charge is -2.08. The molecule has 2 N–H and O–H groups in total. The Morgan fingerprint density at radius 2 is 2.20 bits per heavy atom. The number of aromatic hydroxyl groups is 1. The summed E-state index contributed by atoms with van der Waals surface area (Å²) < 4.78 is 1.97. The number of phenols is 1. The van der Waals surface area contributed by atoms with Crippen LogP contribution in [0.4, 0.5) is 0 Å². The van der Waals surface area contributed by atoms with Gasteiger partial charge < -0.3 is 10.2 Å². The molecule has 7 heteroatoms. The monoisotopic (exact) mass is 291 g/mol. The van der Waals surface area contributed by atoms with Gasteiger partial charge >= 0.3 is 5.97 Å². The number of hydrogen-bond donors (Lipinski definition) is 2. The molecular weight excluding hydrogens is 278 g/mol. The van der Waals surface area contributed by atoms with Crippen molar-refractivity contribution in [3.63, 3.8) is 0 Å². The molecule has 20 heavy (non-hydrogen) atoms. The highest BCUT2D eigenvalue weighted by Crippen LogP contribution is 2.41. The van der Waals surface area contributed by atoms with Crippen molar-refractivity contribution in [2.45, 2.75) is 24.0 Å². The molecule has 2 aromatic rings. The number of carboxylic acid groups (broad SMARTS) is 1. The molecule has 1 saturated carbocycles. The molecule has 6 nitrogen and oxygen atoms in total. The van der Waals surface area contributed by atoms with Gasteiger partial charge in [0.15, 0.2) is 11.0 Å². The topological polar surface area (TPSA) is 88.2 Å². The third kappa shape index (κ3) is 2.62. The van der Waals surface area contributed by atoms with Gasteiger partial charge in [-0.25, -0.2) is 0 Å². The Morgan fingerprint density at radius 3 is 2.85 bits per heavy atom. The van der Waals surface area contributed by atoms with Crippen molar-refractivity contribution >= 4 is 17.7 Å². The van der Waals surface area contributed by atoms with E-state index in [0.717, 1.165) is 18.4 Å². The van der Waals surface area contributed by atoms with E-state index >= 15 is 0 Å². The Kier molecular flexibility index (Phi) is 3.35. The molecule has 1 fully saturated rings. The molecule has 0 unspecified atom stereocenters. The highest BCUT2D eigenvalue weighted by atomic mass is 32.2. The van der Waals surface area contributed by atoms with E-state index in [1.54, 1.807) is 18.2 Å². The largest absolute Gasteiger partial charge is 0.508 e. The van der Waals surface area contributed by atoms with E-state index in [1.807, 2.05) is 10.6 Å². The van der Waals surface area contributed by atoms with Gasteiger partial charge in [0.05, 0.1) is 5.75 Å². The number of hydrogen-bond acceptors (Lipinski definition) is 5. The molecule has 1 aromatic heterocycles. The third-order valence-corrected chi connectivity index (χ3v) is 3.93. The molecule has 3 rings (SSSR count). The second kappa shape index (κ2) is 5.16. The highest BCUT2D eigenvalue weighted by Gasteiger charge is 2.30. The highest BCUT2D eigenvalue weighted by molar-refractivity contribution is 7.99. The summed E-state index contributed by atoms with van der Waals surface area (Å²) in [4.78, 5) is 10.7. The van der Waals surface area contributed by atoms with Gasteiger partial charge in [-0.2, -0.15) is 0 Å². The van der Waals surface area contributed by atoms with E-state index in [-0.39, 0.29) is 11.5 Å². The maximum absolute atomic E-state index is 10.7. The Balaban J connectivity index is 1.97. The van der Waals surface area contributed by atoms with Crippen molar-refractivity contribution in [2.24, 2.45) is 0 Å². The predicted molar refractivity (Wildman–Crippen MR) is 73.8 cm³/mol. The average molecular weight is 291 g/mol. The van der Waals surface area contributed by atoms with E-state index in [0.29, 0.717) is 17.0 Å². The normalized spacial score (nSPS) is 14.4. The molecule has 1 aliphatic carbocycles. The smallest absolute Gasteiger partial charge is 0.313 e. The van der Waals surface area contributed by atoms with Crippen molar-refractivity contribution in [3.8, 4) is 17.1 Å². The minimum absolute atomic E-state index is 0.0368. The number of benzene rings is 1. The van der Waals surface area contributed by atoms with Gasteiger partial charge in [-0.15, -0.1) is 10.2 Å². The first-order chi connectivity index (χ1) is 9.65. The Labute approximate surface area is 119 Å². The number of rotatable bonds is 5. The fraction of sp³-hybridized carbons (Fsp3) is 0.308. The van der Waals surface area contributed by atoms with Crippen LogP contribution in [0, 0.1) is 0 Å². The minimum Gasteiger partial charge on any atom is -0.508 e. The van der Waals surface area contributed by atoms with Gasteiger partial charge in [-0.3, -0.25) is 9.36 Å². The summed E-state index contributed by atoms with van der Waals surface area (Å²) in [6.45, 7) is 0. The van der Waals surface area contributed by atoms with Crippen LogP contribution >= 0.6 is 11.8 Å². The van der Waals surface area contributed by atoms with Crippen LogP contribution < -0.4 is 0 Å². The Bertz CT molecular complexity index is 652. The third-order valence-electron chi connectivity index (χ3n) is 3.01. The van der Waals surface area contributed by atoms with E-state index in [2.05, 4.69) is 10.2 Å². The van der Waals surface area contributed by atoms with Crippen molar-refractivity contribution in [3.05, 3.63) is 24.3 Å². The molecular formula is C13H13N3O3S. The van der Waals surface area contributed by atoms with Crippen LogP contribution in [0.15, 0.2) is 29.4 Å². The van der Waals surface area contributed by atoms with Gasteiger partial charge in [0, 0.05) is 11.6 Å². The number of aromatic nitrogens is 3. The quantitative estimate of drug-likeness (QED) is 0.821. The molecule has 1 heterocycles. The van der Waals surface area contributed by atoms with Crippen LogP contribution in [-0.2, 0) is 4.79 Å². The van der Waals surface area contributed by atoms with Crippen molar-refractivity contribution in [2.75, 3.05) is 5.75 Å². The number of nitrogens with zero attached hydrogens (tertiary/aromatic N) is 3. The molecule has 0 radical (unpaired) electrons. The number of thioether (sulfide) groups is 1. The van der Waals surface area contributed by atoms with Crippen LogP contribution in [0.5, 0.6) is 5.75 Å². The van der Waals surface area contributed by atoms with Crippen molar-refractivity contribution in [1.82, 2.24) is 14.8 Å². The summed E-state index contributed by atoms with van der Waals surface area (Å²) in [7, 11) is 0. The summed E-state index contributed by atoms with van der Waals surface area (Å²) in [5.41, 5.74) is 0.784. The summed E-state index contributed by atoms with van der Waals surface area (Å²) in [5.74, 6) is -0.0617. The number of phenolic OH excluding ortho intramolecular Hbond substituents is 1. The first-order valence-electron chi connectivity index (χ1n) is 6.24. The fourth-order valence-electron chi connectivity index (χ4n) is 2.01. The Morgan fingerprint density at radius 1 is 1.40 bits per heavy atom. The zero-order chi connectivity index (χ0) is 14.1. The zero-order valence-corrected chi connectivity index (χ0v) is 11.4. The van der Waals surface area contributed by atoms with Crippen molar-refractivity contribution < 1.29 is 15.0 Å². The average Bonchev–Trinajstić information content (AvgIpc) is 3.16. The van der Waals surface area contributed by atoms with E-state index in [4.69, 9.17) is 5.11 Å². The van der Waals surface area contributed by atoms with Crippen molar-refractivity contribution in [1.29, 1.82) is 0 Å². The molecule has 0 aliphatic heterocycles. The van der Waals surface area contributed by atoms with Gasteiger partial charge in [-0.1, -0.05) is 23.9 Å². The first kappa shape index (κ1) is 13.0. The summed E-state index contributed by atoms with van der Waals surface area (Å²) in [5, 5.41) is 27.2. The van der Waals surface area contributed by atoms with E-state index < -0.39 is 5.97 Å². The summed E-state index contributed by atoms with van der Waals surface area (Å²) in [6, 6.07) is 7.17. The van der Waals surface area contributed by atoms with Crippen LogP contribution in [0.1, 0.15) is 18.9 Å². The van der Waals surface area contributed by atoms with Crippen LogP contribution in [0.2, 0.25) is 0 Å². The standard InChI is InChI=1S/C13H13N3O3S/c17-10-3-1-2-8(6-10)12-14-15-13(20-7-11(18)19)16(12)9-4-5-9/h1-3,6,9,17H,4-5,7H2,(H,18,19). The molecule has 0 amide bonds. The first-order valence-corrected chi connectivity index (χ1v) is 7.22. The maximum Gasteiger partial charge on any atom is 0.313 e. The Hall–Kier alpha value is -2.02. The van der Waals surface area contributed by atoms with Gasteiger partial charge in [-0.05, 0) is 25.0 Å². The van der Waals surface area contributed by atoms with E-state index in [1.165, 1.54) is 11.8 Å². The molecule has 1 aromatic carbocycles. The molecule has 0 bridgehead atoms. The maximum atomic E-state index is 10.7. The predicted octanol–water partition coefficient (Wildman–Crippen LogP) is 2.16. The van der Waals surface area contributed by atoms with Gasteiger partial charge in [0.1, 0.15) is 5.75 Å². The molecule has 0 spiro atoms. The van der Waals surface area contributed by atoms with Gasteiger partial charge in [0.25, 0.3) is 0 Å². The molecule has 0 saturated heterocycles. The van der Waals surface area contributed by atoms with E-state index in [9.17, 15) is 9.90 Å². The molecule has 104 valence electrons. The number of carboxylic acids is 1. The number of aliphatic carboxylic acids is 1. The number of carbonyl (C=O) groups is 1. The molecule has 0 atom stereocenters. The lowest BCUT2D eigenvalue weighted by Crippen LogP contribution is -2.03. The zero-order valence-electron chi connectivity index (χ0n) is 10.6. The summed E-state index contributed by atoms with van der Waals surface area (Å²) in [6.07, 6.45) is 2.09.